The number of aryl methyl sites for hydroxylation is 1. The summed E-state index contributed by atoms with van der Waals surface area (Å²) in [5.74, 6) is 1.42. The van der Waals surface area contributed by atoms with Gasteiger partial charge in [-0.15, -0.1) is 11.8 Å². The molecule has 3 heteroatoms. The third kappa shape index (κ3) is 5.12. The van der Waals surface area contributed by atoms with Gasteiger partial charge in [0.05, 0.1) is 0 Å². The minimum absolute atomic E-state index is 0.0598. The molecule has 1 fully saturated rings. The smallest absolute Gasteiger partial charge is 0.251 e. The Morgan fingerprint density at radius 3 is 2.68 bits per heavy atom. The Kier molecular flexibility index (Phi) is 6.57. The van der Waals surface area contributed by atoms with Gasteiger partial charge in [0.2, 0.25) is 0 Å². The predicted octanol–water partition coefficient (Wildman–Crippen LogP) is 5.19. The molecule has 0 spiro atoms. The molecule has 0 radical (unpaired) electrons. The maximum Gasteiger partial charge on any atom is 0.251 e. The highest BCUT2D eigenvalue weighted by atomic mass is 32.2. The number of hydrogen-bond donors (Lipinski definition) is 1. The van der Waals surface area contributed by atoms with Crippen LogP contribution in [0.4, 0.5) is 0 Å². The van der Waals surface area contributed by atoms with Gasteiger partial charge in [0.15, 0.2) is 0 Å². The molecule has 1 N–H and O–H groups in total. The number of rotatable bonds is 7. The second kappa shape index (κ2) is 9.10. The number of benzene rings is 2. The number of carbonyl (C=O) groups excluding carboxylic acids is 1. The molecule has 2 atom stereocenters. The molecular weight excluding hydrogens is 326 g/mol. The van der Waals surface area contributed by atoms with Crippen molar-refractivity contribution in [2.45, 2.75) is 37.0 Å². The first-order chi connectivity index (χ1) is 12.3. The van der Waals surface area contributed by atoms with Crippen LogP contribution >= 0.6 is 11.8 Å². The fourth-order valence-electron chi connectivity index (χ4n) is 3.85. The largest absolute Gasteiger partial charge is 0.352 e. The van der Waals surface area contributed by atoms with Crippen LogP contribution in [0.15, 0.2) is 59.5 Å². The summed E-state index contributed by atoms with van der Waals surface area (Å²) in [6.45, 7) is 0.807. The lowest BCUT2D eigenvalue weighted by atomic mass is 9.90. The van der Waals surface area contributed by atoms with E-state index in [1.165, 1.54) is 31.2 Å². The minimum Gasteiger partial charge on any atom is -0.352 e. The molecule has 3 rings (SSSR count). The van der Waals surface area contributed by atoms with Gasteiger partial charge >= 0.3 is 0 Å². The van der Waals surface area contributed by atoms with E-state index in [1.54, 1.807) is 11.8 Å². The maximum atomic E-state index is 12.4. The fraction of sp³-hybridized carbons (Fsp3) is 0.409. The Labute approximate surface area is 155 Å². The summed E-state index contributed by atoms with van der Waals surface area (Å²) in [5.41, 5.74) is 2.19. The van der Waals surface area contributed by atoms with E-state index in [4.69, 9.17) is 0 Å². The Hall–Kier alpha value is -1.74. The average molecular weight is 354 g/mol. The molecular formula is C22H27NOS. The van der Waals surface area contributed by atoms with E-state index in [2.05, 4.69) is 35.6 Å². The van der Waals surface area contributed by atoms with Gasteiger partial charge in [0.25, 0.3) is 5.91 Å². The lowest BCUT2D eigenvalue weighted by Gasteiger charge is -2.20. The van der Waals surface area contributed by atoms with E-state index in [-0.39, 0.29) is 5.91 Å². The van der Waals surface area contributed by atoms with Gasteiger partial charge in [-0.1, -0.05) is 49.2 Å². The van der Waals surface area contributed by atoms with Crippen LogP contribution in [0, 0.1) is 11.8 Å². The molecule has 1 aliphatic rings. The highest BCUT2D eigenvalue weighted by Crippen LogP contribution is 2.34. The normalized spacial score (nSPS) is 19.7. The van der Waals surface area contributed by atoms with Crippen molar-refractivity contribution in [1.29, 1.82) is 0 Å². The minimum atomic E-state index is 0.0598. The molecule has 2 aromatic rings. The summed E-state index contributed by atoms with van der Waals surface area (Å²) in [6.07, 6.45) is 8.24. The summed E-state index contributed by atoms with van der Waals surface area (Å²) in [4.78, 5) is 13.6. The number of thioether (sulfide) groups is 1. The second-order valence-corrected chi connectivity index (χ2v) is 7.80. The first kappa shape index (κ1) is 18.1. The molecule has 1 aliphatic carbocycles. The van der Waals surface area contributed by atoms with Crippen LogP contribution < -0.4 is 5.32 Å². The molecule has 0 saturated heterocycles. The quantitative estimate of drug-likeness (QED) is 0.694. The van der Waals surface area contributed by atoms with E-state index >= 15 is 0 Å². The first-order valence-electron chi connectivity index (χ1n) is 9.22. The van der Waals surface area contributed by atoms with Crippen molar-refractivity contribution < 1.29 is 4.79 Å². The van der Waals surface area contributed by atoms with Crippen molar-refractivity contribution in [1.82, 2.24) is 5.32 Å². The summed E-state index contributed by atoms with van der Waals surface area (Å²) in [7, 11) is 0. The number of nitrogens with one attached hydrogen (secondary N) is 1. The highest BCUT2D eigenvalue weighted by Gasteiger charge is 2.27. The Morgan fingerprint density at radius 2 is 1.88 bits per heavy atom. The summed E-state index contributed by atoms with van der Waals surface area (Å²) in [5, 5.41) is 3.17. The zero-order valence-corrected chi connectivity index (χ0v) is 15.7. The number of carbonyl (C=O) groups is 1. The first-order valence-corrected chi connectivity index (χ1v) is 10.4. The molecule has 0 aliphatic heterocycles. The van der Waals surface area contributed by atoms with Crippen molar-refractivity contribution in [2.24, 2.45) is 11.8 Å². The van der Waals surface area contributed by atoms with Gasteiger partial charge in [0.1, 0.15) is 0 Å². The monoisotopic (exact) mass is 353 g/mol. The van der Waals surface area contributed by atoms with Gasteiger partial charge in [-0.05, 0) is 61.1 Å². The SMILES string of the molecule is CSc1cccc(C(=O)NC[C@@H]2CCCC2CCc2ccccc2)c1. The lowest BCUT2D eigenvalue weighted by molar-refractivity contribution is 0.0943. The standard InChI is InChI=1S/C22H27NOS/c1-25-21-12-6-10-19(15-21)22(24)23-16-20-11-5-9-18(20)14-13-17-7-3-2-4-8-17/h2-4,6-8,10,12,15,18,20H,5,9,11,13-14,16H2,1H3,(H,23,24)/t18?,20-/m0/s1. The second-order valence-electron chi connectivity index (χ2n) is 6.92. The molecule has 2 nitrogen and oxygen atoms in total. The van der Waals surface area contributed by atoms with E-state index < -0.39 is 0 Å². The summed E-state index contributed by atoms with van der Waals surface area (Å²) in [6, 6.07) is 18.6. The zero-order valence-electron chi connectivity index (χ0n) is 14.9. The maximum absolute atomic E-state index is 12.4. The topological polar surface area (TPSA) is 29.1 Å². The van der Waals surface area contributed by atoms with Crippen molar-refractivity contribution in [3.05, 3.63) is 65.7 Å². The van der Waals surface area contributed by atoms with E-state index in [0.717, 1.165) is 29.3 Å². The van der Waals surface area contributed by atoms with Crippen molar-refractivity contribution in [3.63, 3.8) is 0 Å². The molecule has 1 unspecified atom stereocenters. The number of amides is 1. The molecule has 132 valence electrons. The van der Waals surface area contributed by atoms with Crippen molar-refractivity contribution in [3.8, 4) is 0 Å². The molecule has 1 amide bonds. The van der Waals surface area contributed by atoms with Gasteiger partial charge in [0, 0.05) is 17.0 Å². The predicted molar refractivity (Wildman–Crippen MR) is 106 cm³/mol. The molecule has 0 aromatic heterocycles. The third-order valence-electron chi connectivity index (χ3n) is 5.32. The molecule has 1 saturated carbocycles. The van der Waals surface area contributed by atoms with Gasteiger partial charge in [-0.25, -0.2) is 0 Å². The third-order valence-corrected chi connectivity index (χ3v) is 6.05. The number of hydrogen-bond acceptors (Lipinski definition) is 2. The van der Waals surface area contributed by atoms with Crippen LogP contribution in [0.5, 0.6) is 0 Å². The lowest BCUT2D eigenvalue weighted by Crippen LogP contribution is -2.31. The van der Waals surface area contributed by atoms with Crippen molar-refractivity contribution in [2.75, 3.05) is 12.8 Å². The van der Waals surface area contributed by atoms with Crippen LogP contribution in [-0.2, 0) is 6.42 Å². The van der Waals surface area contributed by atoms with E-state index in [9.17, 15) is 4.79 Å². The van der Waals surface area contributed by atoms with E-state index in [0.29, 0.717) is 5.92 Å². The Morgan fingerprint density at radius 1 is 1.08 bits per heavy atom. The average Bonchev–Trinajstić information content (AvgIpc) is 3.12. The van der Waals surface area contributed by atoms with E-state index in [1.807, 2.05) is 30.5 Å². The molecule has 25 heavy (non-hydrogen) atoms. The molecule has 2 aromatic carbocycles. The fourth-order valence-corrected chi connectivity index (χ4v) is 4.31. The van der Waals surface area contributed by atoms with Crippen LogP contribution in [0.1, 0.15) is 41.6 Å². The van der Waals surface area contributed by atoms with Crippen LogP contribution in [0.3, 0.4) is 0 Å². The van der Waals surface area contributed by atoms with Crippen LogP contribution in [0.25, 0.3) is 0 Å². The van der Waals surface area contributed by atoms with Crippen LogP contribution in [0.2, 0.25) is 0 Å². The molecule has 0 bridgehead atoms. The summed E-state index contributed by atoms with van der Waals surface area (Å²) < 4.78 is 0. The van der Waals surface area contributed by atoms with Crippen molar-refractivity contribution >= 4 is 17.7 Å². The highest BCUT2D eigenvalue weighted by molar-refractivity contribution is 7.98. The van der Waals surface area contributed by atoms with Gasteiger partial charge < -0.3 is 5.32 Å². The Bertz CT molecular complexity index is 685. The van der Waals surface area contributed by atoms with Gasteiger partial charge in [-0.2, -0.15) is 0 Å². The Balaban J connectivity index is 1.50. The zero-order chi connectivity index (χ0) is 17.5. The van der Waals surface area contributed by atoms with Gasteiger partial charge in [-0.3, -0.25) is 4.79 Å². The summed E-state index contributed by atoms with van der Waals surface area (Å²) >= 11 is 1.67. The molecule has 0 heterocycles. The van der Waals surface area contributed by atoms with Crippen LogP contribution in [-0.4, -0.2) is 18.7 Å².